The molecule has 1 aromatic rings. The first kappa shape index (κ1) is 19.3. The summed E-state index contributed by atoms with van der Waals surface area (Å²) in [5.74, 6) is -1.24. The first-order chi connectivity index (χ1) is 11.9. The third-order valence-corrected chi connectivity index (χ3v) is 5.08. The van der Waals surface area contributed by atoms with Crippen LogP contribution in [0, 0.1) is 5.92 Å². The topological polar surface area (TPSA) is 77.9 Å². The second-order valence-corrected chi connectivity index (χ2v) is 6.73. The van der Waals surface area contributed by atoms with E-state index in [1.54, 1.807) is 0 Å². The molecule has 0 radical (unpaired) electrons. The lowest BCUT2D eigenvalue weighted by Crippen LogP contribution is -2.44. The molecule has 136 valence electrons. The van der Waals surface area contributed by atoms with Crippen molar-refractivity contribution in [1.29, 1.82) is 0 Å². The van der Waals surface area contributed by atoms with Gasteiger partial charge in [-0.25, -0.2) is 4.79 Å². The number of carboxylic acids is 1. The monoisotopic (exact) mass is 364 g/mol. The maximum atomic E-state index is 12.9. The van der Waals surface area contributed by atoms with Gasteiger partial charge in [-0.2, -0.15) is 12.6 Å². The van der Waals surface area contributed by atoms with Crippen molar-refractivity contribution in [3.63, 3.8) is 0 Å². The maximum Gasteiger partial charge on any atom is 0.328 e. The van der Waals surface area contributed by atoms with Gasteiger partial charge in [0.05, 0.1) is 6.04 Å². The van der Waals surface area contributed by atoms with Gasteiger partial charge in [0.25, 0.3) is 5.91 Å². The van der Waals surface area contributed by atoms with Gasteiger partial charge in [-0.05, 0) is 17.9 Å². The minimum atomic E-state index is -1.12. The summed E-state index contributed by atoms with van der Waals surface area (Å²) in [5.41, 5.74) is 0.999. The Bertz CT molecular complexity index is 637. The van der Waals surface area contributed by atoms with Crippen molar-refractivity contribution >= 4 is 30.5 Å². The molecule has 3 amide bonds. The normalized spacial score (nSPS) is 20.0. The highest BCUT2D eigenvalue weighted by atomic mass is 32.1. The molecule has 0 bridgehead atoms. The van der Waals surface area contributed by atoms with Gasteiger partial charge in [0.1, 0.15) is 12.6 Å². The molecule has 0 saturated carbocycles. The summed E-state index contributed by atoms with van der Waals surface area (Å²) in [7, 11) is 0. The van der Waals surface area contributed by atoms with Gasteiger partial charge in [-0.3, -0.25) is 14.5 Å². The van der Waals surface area contributed by atoms with Crippen LogP contribution in [0.4, 0.5) is 4.79 Å². The number of urea groups is 1. The predicted octanol–water partition coefficient (Wildman–Crippen LogP) is 2.29. The van der Waals surface area contributed by atoms with Gasteiger partial charge >= 0.3 is 12.0 Å². The number of thiol groups is 1. The molecule has 0 spiro atoms. The summed E-state index contributed by atoms with van der Waals surface area (Å²) < 4.78 is 0. The zero-order chi connectivity index (χ0) is 18.6. The smallest absolute Gasteiger partial charge is 0.328 e. The van der Waals surface area contributed by atoms with Crippen LogP contribution < -0.4 is 0 Å². The van der Waals surface area contributed by atoms with E-state index in [2.05, 4.69) is 12.6 Å². The molecule has 0 aromatic heterocycles. The van der Waals surface area contributed by atoms with Gasteiger partial charge in [-0.1, -0.05) is 50.6 Å². The fourth-order valence-corrected chi connectivity index (χ4v) is 3.47. The molecule has 2 rings (SSSR count). The molecule has 1 aliphatic rings. The molecule has 1 N–H and O–H groups in total. The lowest BCUT2D eigenvalue weighted by Gasteiger charge is -2.24. The van der Waals surface area contributed by atoms with Crippen molar-refractivity contribution in [2.45, 2.75) is 38.8 Å². The van der Waals surface area contributed by atoms with E-state index in [-0.39, 0.29) is 11.8 Å². The zero-order valence-electron chi connectivity index (χ0n) is 14.5. The van der Waals surface area contributed by atoms with Crippen molar-refractivity contribution in [1.82, 2.24) is 9.80 Å². The van der Waals surface area contributed by atoms with E-state index in [0.29, 0.717) is 18.6 Å². The fourth-order valence-electron chi connectivity index (χ4n) is 3.17. The molecular weight excluding hydrogens is 340 g/mol. The number of aliphatic carboxylic acids is 1. The van der Waals surface area contributed by atoms with Crippen LogP contribution in [0.5, 0.6) is 0 Å². The third-order valence-electron chi connectivity index (χ3n) is 4.66. The quantitative estimate of drug-likeness (QED) is 0.548. The Labute approximate surface area is 153 Å². The highest BCUT2D eigenvalue weighted by Crippen LogP contribution is 2.28. The van der Waals surface area contributed by atoms with Gasteiger partial charge in [0.2, 0.25) is 0 Å². The van der Waals surface area contributed by atoms with Gasteiger partial charge in [0.15, 0.2) is 0 Å². The molecular formula is C18H24N2O4S. The van der Waals surface area contributed by atoms with E-state index < -0.39 is 30.6 Å². The van der Waals surface area contributed by atoms with Crippen molar-refractivity contribution in [3.05, 3.63) is 35.9 Å². The molecule has 1 heterocycles. The van der Waals surface area contributed by atoms with Gasteiger partial charge in [0, 0.05) is 5.75 Å². The molecule has 1 saturated heterocycles. The first-order valence-corrected chi connectivity index (χ1v) is 9.04. The second kappa shape index (κ2) is 8.38. The average molecular weight is 364 g/mol. The van der Waals surface area contributed by atoms with Crippen molar-refractivity contribution in [3.8, 4) is 0 Å². The Hall–Kier alpha value is -2.02. The number of nitrogens with zero attached hydrogens (tertiary/aromatic N) is 2. The Kier molecular flexibility index (Phi) is 6.47. The SMILES string of the molecule is CCC(C)C1C(=O)N(C(CS)Cc2ccccc2)C(=O)N1CC(=O)O. The number of benzene rings is 1. The molecule has 3 atom stereocenters. The Morgan fingerprint density at radius 3 is 2.44 bits per heavy atom. The van der Waals surface area contributed by atoms with Crippen molar-refractivity contribution in [2.24, 2.45) is 5.92 Å². The molecule has 1 fully saturated rings. The Morgan fingerprint density at radius 2 is 1.92 bits per heavy atom. The summed E-state index contributed by atoms with van der Waals surface area (Å²) in [6.07, 6.45) is 1.17. The highest BCUT2D eigenvalue weighted by Gasteiger charge is 2.49. The first-order valence-electron chi connectivity index (χ1n) is 8.40. The van der Waals surface area contributed by atoms with Gasteiger partial charge < -0.3 is 10.0 Å². The Balaban J connectivity index is 2.30. The van der Waals surface area contributed by atoms with Crippen LogP contribution in [-0.4, -0.2) is 57.2 Å². The molecule has 3 unspecified atom stereocenters. The number of imide groups is 1. The fraction of sp³-hybridized carbons (Fsp3) is 0.500. The zero-order valence-corrected chi connectivity index (χ0v) is 15.4. The number of carboxylic acid groups (broad SMARTS) is 1. The second-order valence-electron chi connectivity index (χ2n) is 6.37. The third kappa shape index (κ3) is 4.15. The van der Waals surface area contributed by atoms with Crippen molar-refractivity contribution < 1.29 is 19.5 Å². The standard InChI is InChI=1S/C18H24N2O4S/c1-3-12(2)16-17(23)20(18(24)19(16)10-15(21)22)14(11-25)9-13-7-5-4-6-8-13/h4-8,12,14,16,25H,3,9-11H2,1-2H3,(H,21,22). The van der Waals surface area contributed by atoms with E-state index in [4.69, 9.17) is 5.11 Å². The maximum absolute atomic E-state index is 12.9. The van der Waals surface area contributed by atoms with Crippen LogP contribution in [0.1, 0.15) is 25.8 Å². The number of carbonyl (C=O) groups is 3. The number of rotatable bonds is 8. The van der Waals surface area contributed by atoms with Gasteiger partial charge in [-0.15, -0.1) is 0 Å². The average Bonchev–Trinajstić information content (AvgIpc) is 2.83. The van der Waals surface area contributed by atoms with E-state index in [1.807, 2.05) is 44.2 Å². The van der Waals surface area contributed by atoms with Crippen molar-refractivity contribution in [2.75, 3.05) is 12.3 Å². The van der Waals surface area contributed by atoms with E-state index in [9.17, 15) is 14.4 Å². The number of amides is 3. The summed E-state index contributed by atoms with van der Waals surface area (Å²) in [5, 5.41) is 9.13. The molecule has 6 nitrogen and oxygen atoms in total. The summed E-state index contributed by atoms with van der Waals surface area (Å²) in [4.78, 5) is 39.3. The van der Waals surface area contributed by atoms with E-state index >= 15 is 0 Å². The number of carbonyl (C=O) groups excluding carboxylic acids is 2. The van der Waals surface area contributed by atoms with E-state index in [1.165, 1.54) is 9.80 Å². The summed E-state index contributed by atoms with van der Waals surface area (Å²) in [6, 6.07) is 7.90. The van der Waals surface area contributed by atoms with Crippen LogP contribution in [-0.2, 0) is 16.0 Å². The summed E-state index contributed by atoms with van der Waals surface area (Å²) in [6.45, 7) is 3.31. The molecule has 25 heavy (non-hydrogen) atoms. The summed E-state index contributed by atoms with van der Waals surface area (Å²) >= 11 is 4.32. The lowest BCUT2D eigenvalue weighted by atomic mass is 9.97. The number of hydrogen-bond acceptors (Lipinski definition) is 4. The van der Waals surface area contributed by atoms with E-state index in [0.717, 1.165) is 5.56 Å². The van der Waals surface area contributed by atoms with Crippen LogP contribution in [0.2, 0.25) is 0 Å². The minimum Gasteiger partial charge on any atom is -0.480 e. The highest BCUT2D eigenvalue weighted by molar-refractivity contribution is 7.80. The molecule has 1 aliphatic heterocycles. The van der Waals surface area contributed by atoms with Crippen LogP contribution >= 0.6 is 12.6 Å². The van der Waals surface area contributed by atoms with Crippen LogP contribution in [0.3, 0.4) is 0 Å². The minimum absolute atomic E-state index is 0.113. The predicted molar refractivity (Wildman–Crippen MR) is 97.6 cm³/mol. The lowest BCUT2D eigenvalue weighted by molar-refractivity contribution is -0.138. The molecule has 7 heteroatoms. The van der Waals surface area contributed by atoms with Crippen LogP contribution in [0.15, 0.2) is 30.3 Å². The largest absolute Gasteiger partial charge is 0.480 e. The van der Waals surface area contributed by atoms with Crippen LogP contribution in [0.25, 0.3) is 0 Å². The molecule has 1 aromatic carbocycles. The number of hydrogen-bond donors (Lipinski definition) is 2. The Morgan fingerprint density at radius 1 is 1.28 bits per heavy atom. The molecule has 0 aliphatic carbocycles.